The van der Waals surface area contributed by atoms with Crippen LogP contribution in [-0.4, -0.2) is 71.8 Å². The largest absolute Gasteiger partial charge is 0.485 e. The summed E-state index contributed by atoms with van der Waals surface area (Å²) in [5, 5.41) is 7.81. The molecule has 1 fully saturated rings. The maximum absolute atomic E-state index is 13.1. The molecule has 174 valence electrons. The summed E-state index contributed by atoms with van der Waals surface area (Å²) in [6.45, 7) is 5.73. The van der Waals surface area contributed by atoms with Gasteiger partial charge in [0, 0.05) is 25.8 Å². The molecule has 10 nitrogen and oxygen atoms in total. The molecule has 2 aliphatic heterocycles. The third-order valence-corrected chi connectivity index (χ3v) is 5.79. The summed E-state index contributed by atoms with van der Waals surface area (Å²) in [5.74, 6) is 1.80. The number of nitrogens with one attached hydrogen (secondary N) is 3. The van der Waals surface area contributed by atoms with E-state index >= 15 is 0 Å². The van der Waals surface area contributed by atoms with Gasteiger partial charge in [0.2, 0.25) is 5.95 Å². The van der Waals surface area contributed by atoms with Crippen molar-refractivity contribution < 1.29 is 19.0 Å². The van der Waals surface area contributed by atoms with E-state index in [0.29, 0.717) is 84.7 Å². The molecule has 5 rings (SSSR count). The van der Waals surface area contributed by atoms with Crippen molar-refractivity contribution in [3.63, 3.8) is 0 Å². The number of carbonyl (C=O) groups is 1. The summed E-state index contributed by atoms with van der Waals surface area (Å²) >= 11 is 6.32. The van der Waals surface area contributed by atoms with Crippen molar-refractivity contribution in [2.75, 3.05) is 56.7 Å². The second-order valence-electron chi connectivity index (χ2n) is 7.73. The summed E-state index contributed by atoms with van der Waals surface area (Å²) in [7, 11) is 0. The van der Waals surface area contributed by atoms with Gasteiger partial charge in [0.25, 0.3) is 5.91 Å². The summed E-state index contributed by atoms with van der Waals surface area (Å²) in [6.07, 6.45) is 2.63. The Hall–Kier alpha value is -3.24. The lowest BCUT2D eigenvalue weighted by Gasteiger charge is -2.29. The fourth-order valence-corrected chi connectivity index (χ4v) is 4.12. The quantitative estimate of drug-likeness (QED) is 0.500. The molecule has 1 amide bonds. The fourth-order valence-electron chi connectivity index (χ4n) is 3.88. The second-order valence-corrected chi connectivity index (χ2v) is 8.14. The average Bonchev–Trinajstić information content (AvgIpc) is 3.23. The highest BCUT2D eigenvalue weighted by Crippen LogP contribution is 2.42. The summed E-state index contributed by atoms with van der Waals surface area (Å²) < 4.78 is 17.1. The average molecular weight is 473 g/mol. The van der Waals surface area contributed by atoms with Crippen molar-refractivity contribution >= 4 is 46.0 Å². The van der Waals surface area contributed by atoms with Crippen molar-refractivity contribution in [3.8, 4) is 11.5 Å². The van der Waals surface area contributed by atoms with Crippen LogP contribution in [0.15, 0.2) is 18.3 Å². The van der Waals surface area contributed by atoms with E-state index in [1.807, 2.05) is 0 Å². The van der Waals surface area contributed by atoms with Crippen LogP contribution in [-0.2, 0) is 4.74 Å². The van der Waals surface area contributed by atoms with Gasteiger partial charge in [0.1, 0.15) is 24.7 Å². The van der Waals surface area contributed by atoms with Gasteiger partial charge < -0.3 is 34.7 Å². The number of anilines is 3. The number of amides is 1. The number of morpholine rings is 1. The lowest BCUT2D eigenvalue weighted by molar-refractivity contribution is 0.0298. The highest BCUT2D eigenvalue weighted by Gasteiger charge is 2.28. The number of carbonyl (C=O) groups excluding carboxylic acids is 1. The van der Waals surface area contributed by atoms with Gasteiger partial charge in [-0.25, -0.2) is 0 Å². The first-order valence-electron chi connectivity index (χ1n) is 11.0. The van der Waals surface area contributed by atoms with Crippen molar-refractivity contribution in [1.29, 1.82) is 0 Å². The first kappa shape index (κ1) is 21.6. The van der Waals surface area contributed by atoms with E-state index < -0.39 is 0 Å². The molecule has 2 aliphatic rings. The zero-order chi connectivity index (χ0) is 22.8. The first-order chi connectivity index (χ1) is 16.2. The molecule has 3 N–H and O–H groups in total. The first-order valence-corrected chi connectivity index (χ1v) is 11.4. The van der Waals surface area contributed by atoms with Gasteiger partial charge in [-0.2, -0.15) is 9.97 Å². The van der Waals surface area contributed by atoms with Crippen molar-refractivity contribution in [2.45, 2.75) is 13.3 Å². The second kappa shape index (κ2) is 9.32. The topological polar surface area (TPSA) is 114 Å². The number of benzene rings is 1. The van der Waals surface area contributed by atoms with Crippen LogP contribution in [0.2, 0.25) is 5.02 Å². The smallest absolute Gasteiger partial charge is 0.257 e. The van der Waals surface area contributed by atoms with Crippen LogP contribution >= 0.6 is 11.6 Å². The van der Waals surface area contributed by atoms with Gasteiger partial charge in [0.15, 0.2) is 11.5 Å². The van der Waals surface area contributed by atoms with Gasteiger partial charge in [-0.05, 0) is 18.6 Å². The van der Waals surface area contributed by atoms with Crippen LogP contribution < -0.4 is 20.1 Å². The molecular weight excluding hydrogens is 448 g/mol. The molecule has 4 heterocycles. The van der Waals surface area contributed by atoms with Gasteiger partial charge >= 0.3 is 0 Å². The monoisotopic (exact) mass is 472 g/mol. The van der Waals surface area contributed by atoms with Crippen LogP contribution in [0, 0.1) is 0 Å². The Labute approximate surface area is 195 Å². The molecule has 3 aromatic rings. The molecule has 0 saturated carbocycles. The predicted molar refractivity (Wildman–Crippen MR) is 125 cm³/mol. The van der Waals surface area contributed by atoms with Gasteiger partial charge in [-0.3, -0.25) is 4.79 Å². The van der Waals surface area contributed by atoms with Gasteiger partial charge in [-0.1, -0.05) is 18.5 Å². The summed E-state index contributed by atoms with van der Waals surface area (Å²) in [4.78, 5) is 27.1. The van der Waals surface area contributed by atoms with Crippen molar-refractivity contribution in [2.24, 2.45) is 0 Å². The molecule has 33 heavy (non-hydrogen) atoms. The van der Waals surface area contributed by atoms with Crippen LogP contribution in [0.4, 0.5) is 17.5 Å². The van der Waals surface area contributed by atoms with E-state index in [4.69, 9.17) is 25.8 Å². The Morgan fingerprint density at radius 1 is 1.15 bits per heavy atom. The molecule has 0 radical (unpaired) electrons. The number of rotatable bonds is 6. The van der Waals surface area contributed by atoms with E-state index in [0.717, 1.165) is 18.4 Å². The number of halogens is 1. The fraction of sp³-hybridized carbons (Fsp3) is 0.409. The van der Waals surface area contributed by atoms with Crippen molar-refractivity contribution in [3.05, 3.63) is 28.9 Å². The molecular formula is C22H25ClN6O4. The maximum Gasteiger partial charge on any atom is 0.257 e. The SMILES string of the molecule is CCCNc1nc(Nc2ccc(C(=O)N3CCOCC3)c3c2OCCO3)nc2[nH]cc(Cl)c12. The van der Waals surface area contributed by atoms with E-state index in [1.165, 1.54) is 0 Å². The Bertz CT molecular complexity index is 1180. The molecule has 1 saturated heterocycles. The normalized spacial score (nSPS) is 15.5. The summed E-state index contributed by atoms with van der Waals surface area (Å²) in [6, 6.07) is 3.53. The van der Waals surface area contributed by atoms with Crippen LogP contribution in [0.3, 0.4) is 0 Å². The Kier molecular flexibility index (Phi) is 6.10. The third-order valence-electron chi connectivity index (χ3n) is 5.49. The minimum Gasteiger partial charge on any atom is -0.485 e. The Balaban J connectivity index is 1.49. The van der Waals surface area contributed by atoms with Crippen LogP contribution in [0.25, 0.3) is 11.0 Å². The maximum atomic E-state index is 13.1. The third kappa shape index (κ3) is 4.23. The van der Waals surface area contributed by atoms with E-state index in [9.17, 15) is 4.79 Å². The molecule has 1 aromatic carbocycles. The van der Waals surface area contributed by atoms with E-state index in [-0.39, 0.29) is 5.91 Å². The molecule has 0 spiro atoms. The number of hydrogen-bond acceptors (Lipinski definition) is 8. The standard InChI is InChI=1S/C22H25ClN6O4/c1-2-5-24-19-16-14(23)12-25-20(16)28-22(27-19)26-15-4-3-13(17-18(15)33-11-10-32-17)21(30)29-6-8-31-9-7-29/h3-4,12H,2,5-11H2,1H3,(H3,24,25,26,27,28). The number of hydrogen-bond donors (Lipinski definition) is 3. The lowest BCUT2D eigenvalue weighted by Crippen LogP contribution is -2.41. The molecule has 2 aromatic heterocycles. The number of ether oxygens (including phenoxy) is 3. The molecule has 0 unspecified atom stereocenters. The minimum atomic E-state index is -0.101. The number of aromatic amines is 1. The predicted octanol–water partition coefficient (Wildman–Crippen LogP) is 3.42. The zero-order valence-corrected chi connectivity index (χ0v) is 19.0. The molecule has 0 atom stereocenters. The zero-order valence-electron chi connectivity index (χ0n) is 18.2. The highest BCUT2D eigenvalue weighted by molar-refractivity contribution is 6.36. The van der Waals surface area contributed by atoms with Crippen LogP contribution in [0.5, 0.6) is 11.5 Å². The summed E-state index contributed by atoms with van der Waals surface area (Å²) in [5.41, 5.74) is 1.69. The van der Waals surface area contributed by atoms with Crippen molar-refractivity contribution in [1.82, 2.24) is 19.9 Å². The lowest BCUT2D eigenvalue weighted by atomic mass is 10.1. The molecule has 11 heteroatoms. The highest BCUT2D eigenvalue weighted by atomic mass is 35.5. The Morgan fingerprint density at radius 3 is 2.73 bits per heavy atom. The van der Waals surface area contributed by atoms with E-state index in [2.05, 4.69) is 32.5 Å². The molecule has 0 aliphatic carbocycles. The number of H-pyrrole nitrogens is 1. The van der Waals surface area contributed by atoms with Crippen LogP contribution in [0.1, 0.15) is 23.7 Å². The Morgan fingerprint density at radius 2 is 1.94 bits per heavy atom. The molecule has 0 bridgehead atoms. The number of nitrogens with zero attached hydrogens (tertiary/aromatic N) is 3. The number of aromatic nitrogens is 3. The number of fused-ring (bicyclic) bond motifs is 2. The van der Waals surface area contributed by atoms with Gasteiger partial charge in [0.05, 0.1) is 34.9 Å². The van der Waals surface area contributed by atoms with E-state index in [1.54, 1.807) is 23.2 Å². The van der Waals surface area contributed by atoms with Gasteiger partial charge in [-0.15, -0.1) is 0 Å². The minimum absolute atomic E-state index is 0.101.